The van der Waals surface area contributed by atoms with Gasteiger partial charge in [-0.15, -0.1) is 0 Å². The molecule has 2 nitrogen and oxygen atoms in total. The number of likely N-dealkylation sites (tertiary alicyclic amines) is 1. The lowest BCUT2D eigenvalue weighted by Crippen LogP contribution is -2.40. The lowest BCUT2D eigenvalue weighted by molar-refractivity contribution is 0.312. The van der Waals surface area contributed by atoms with Crippen molar-refractivity contribution in [1.29, 1.82) is 0 Å². The number of halogens is 2. The number of hydrogen-bond donors (Lipinski definition) is 1. The van der Waals surface area contributed by atoms with Gasteiger partial charge in [0.05, 0.1) is 5.02 Å². The molecule has 0 bridgehead atoms. The minimum atomic E-state index is -0.316. The molecule has 1 aromatic carbocycles. The smallest absolute Gasteiger partial charge is 0.142 e. The summed E-state index contributed by atoms with van der Waals surface area (Å²) in [6.45, 7) is 4.04. The Balaban J connectivity index is 1.68. The maximum Gasteiger partial charge on any atom is 0.142 e. The van der Waals surface area contributed by atoms with Crippen molar-refractivity contribution in [3.8, 4) is 0 Å². The maximum absolute atomic E-state index is 13.4. The molecule has 0 aliphatic carbocycles. The van der Waals surface area contributed by atoms with Gasteiger partial charge in [-0.2, -0.15) is 0 Å². The molecule has 2 atom stereocenters. The Morgan fingerprint density at radius 1 is 1.39 bits per heavy atom. The van der Waals surface area contributed by atoms with Crippen molar-refractivity contribution in [1.82, 2.24) is 10.2 Å². The number of fused-ring (bicyclic) bond motifs is 1. The first-order chi connectivity index (χ1) is 8.74. The topological polar surface area (TPSA) is 15.3 Å². The van der Waals surface area contributed by atoms with Crippen molar-refractivity contribution in [3.05, 3.63) is 34.6 Å². The minimum absolute atomic E-state index is 0.278. The second kappa shape index (κ2) is 5.16. The number of rotatable bonds is 2. The zero-order valence-corrected chi connectivity index (χ0v) is 11.1. The monoisotopic (exact) mass is 268 g/mol. The number of benzene rings is 1. The van der Waals surface area contributed by atoms with Crippen molar-refractivity contribution in [3.63, 3.8) is 0 Å². The Hall–Kier alpha value is -0.640. The largest absolute Gasteiger partial charge is 0.312 e. The van der Waals surface area contributed by atoms with Crippen LogP contribution in [-0.4, -0.2) is 30.6 Å². The van der Waals surface area contributed by atoms with Gasteiger partial charge in [0.25, 0.3) is 0 Å². The molecule has 2 saturated heterocycles. The number of piperidine rings is 1. The first-order valence-corrected chi connectivity index (χ1v) is 7.00. The molecule has 3 rings (SSSR count). The second-order valence-electron chi connectivity index (χ2n) is 5.37. The van der Waals surface area contributed by atoms with Crippen LogP contribution in [0.25, 0.3) is 0 Å². The summed E-state index contributed by atoms with van der Waals surface area (Å²) in [5.41, 5.74) is 0.898. The van der Waals surface area contributed by atoms with E-state index in [-0.39, 0.29) is 10.8 Å². The molecule has 0 unspecified atom stereocenters. The summed E-state index contributed by atoms with van der Waals surface area (Å²) in [5.74, 6) is 0.440. The third-order valence-electron chi connectivity index (χ3n) is 4.10. The fourth-order valence-electron chi connectivity index (χ4n) is 3.18. The first kappa shape index (κ1) is 12.4. The molecule has 4 heteroatoms. The molecule has 0 saturated carbocycles. The standard InChI is InChI=1S/C14H18ClFN2/c15-14-11(3-1-5-12(14)16)8-18-7-10-4-2-6-17-13(10)9-18/h1,3,5,10,13,17H,2,4,6-9H2/t10-,13+/m0/s1. The number of nitrogens with one attached hydrogen (secondary N) is 1. The van der Waals surface area contributed by atoms with Crippen LogP contribution < -0.4 is 5.32 Å². The maximum atomic E-state index is 13.4. The fourth-order valence-corrected chi connectivity index (χ4v) is 3.36. The SMILES string of the molecule is Fc1cccc(CN2C[C@@H]3CCCN[C@@H]3C2)c1Cl. The molecule has 2 aliphatic rings. The molecule has 1 N–H and O–H groups in total. The van der Waals surface area contributed by atoms with E-state index in [0.717, 1.165) is 37.7 Å². The molecule has 0 radical (unpaired) electrons. The Bertz CT molecular complexity index is 424. The van der Waals surface area contributed by atoms with E-state index in [1.807, 2.05) is 6.07 Å². The van der Waals surface area contributed by atoms with E-state index in [9.17, 15) is 4.39 Å². The van der Waals surface area contributed by atoms with E-state index in [2.05, 4.69) is 10.2 Å². The van der Waals surface area contributed by atoms with E-state index in [4.69, 9.17) is 11.6 Å². The van der Waals surface area contributed by atoms with Gasteiger partial charge < -0.3 is 5.32 Å². The summed E-state index contributed by atoms with van der Waals surface area (Å²) in [5, 5.41) is 3.85. The predicted molar refractivity (Wildman–Crippen MR) is 71.2 cm³/mol. The molecule has 0 amide bonds. The van der Waals surface area contributed by atoms with Gasteiger partial charge in [-0.3, -0.25) is 4.90 Å². The van der Waals surface area contributed by atoms with Crippen LogP contribution in [0.15, 0.2) is 18.2 Å². The van der Waals surface area contributed by atoms with E-state index in [1.165, 1.54) is 18.9 Å². The van der Waals surface area contributed by atoms with Crippen LogP contribution in [-0.2, 0) is 6.54 Å². The summed E-state index contributed by atoms with van der Waals surface area (Å²) in [6.07, 6.45) is 2.58. The highest BCUT2D eigenvalue weighted by molar-refractivity contribution is 6.31. The van der Waals surface area contributed by atoms with Gasteiger partial charge in [-0.1, -0.05) is 23.7 Å². The van der Waals surface area contributed by atoms with Crippen molar-refractivity contribution < 1.29 is 4.39 Å². The van der Waals surface area contributed by atoms with Crippen LogP contribution >= 0.6 is 11.6 Å². The third kappa shape index (κ3) is 2.40. The Kier molecular flexibility index (Phi) is 3.55. The van der Waals surface area contributed by atoms with Crippen LogP contribution in [0.5, 0.6) is 0 Å². The lowest BCUT2D eigenvalue weighted by atomic mass is 9.94. The molecule has 2 fully saturated rings. The average molecular weight is 269 g/mol. The highest BCUT2D eigenvalue weighted by Crippen LogP contribution is 2.28. The molecule has 18 heavy (non-hydrogen) atoms. The molecular weight excluding hydrogens is 251 g/mol. The van der Waals surface area contributed by atoms with Gasteiger partial charge in [0.1, 0.15) is 5.82 Å². The van der Waals surface area contributed by atoms with E-state index >= 15 is 0 Å². The molecule has 2 aliphatic heterocycles. The Morgan fingerprint density at radius 2 is 2.28 bits per heavy atom. The normalized spacial score (nSPS) is 28.3. The number of hydrogen-bond acceptors (Lipinski definition) is 2. The van der Waals surface area contributed by atoms with Crippen LogP contribution in [0, 0.1) is 11.7 Å². The highest BCUT2D eigenvalue weighted by atomic mass is 35.5. The Labute approximate surface area is 112 Å². The van der Waals surface area contributed by atoms with Gasteiger partial charge in [0.2, 0.25) is 0 Å². The van der Waals surface area contributed by atoms with Crippen molar-refractivity contribution in [2.24, 2.45) is 5.92 Å². The molecule has 0 aromatic heterocycles. The molecular formula is C14H18ClFN2. The van der Waals surface area contributed by atoms with Gasteiger partial charge >= 0.3 is 0 Å². The van der Waals surface area contributed by atoms with E-state index in [0.29, 0.717) is 6.04 Å². The highest BCUT2D eigenvalue weighted by Gasteiger charge is 2.34. The van der Waals surface area contributed by atoms with Gasteiger partial charge in [0, 0.05) is 25.7 Å². The van der Waals surface area contributed by atoms with Crippen LogP contribution in [0.4, 0.5) is 4.39 Å². The zero-order valence-electron chi connectivity index (χ0n) is 10.3. The molecule has 98 valence electrons. The molecule has 0 spiro atoms. The second-order valence-corrected chi connectivity index (χ2v) is 5.75. The summed E-state index contributed by atoms with van der Waals surface area (Å²) < 4.78 is 13.4. The lowest BCUT2D eigenvalue weighted by Gasteiger charge is -2.24. The third-order valence-corrected chi connectivity index (χ3v) is 4.52. The van der Waals surface area contributed by atoms with E-state index in [1.54, 1.807) is 6.07 Å². The molecule has 2 heterocycles. The van der Waals surface area contributed by atoms with Crippen molar-refractivity contribution >= 4 is 11.6 Å². The van der Waals surface area contributed by atoms with Gasteiger partial charge in [-0.05, 0) is 36.9 Å². The summed E-state index contributed by atoms with van der Waals surface area (Å²) in [6, 6.07) is 5.68. The van der Waals surface area contributed by atoms with Crippen molar-refractivity contribution in [2.75, 3.05) is 19.6 Å². The van der Waals surface area contributed by atoms with Crippen LogP contribution in [0.1, 0.15) is 18.4 Å². The van der Waals surface area contributed by atoms with Gasteiger partial charge in [-0.25, -0.2) is 4.39 Å². The van der Waals surface area contributed by atoms with E-state index < -0.39 is 0 Å². The first-order valence-electron chi connectivity index (χ1n) is 6.62. The van der Waals surface area contributed by atoms with Crippen LogP contribution in [0.3, 0.4) is 0 Å². The summed E-state index contributed by atoms with van der Waals surface area (Å²) in [4.78, 5) is 2.38. The average Bonchev–Trinajstić information content (AvgIpc) is 2.77. The van der Waals surface area contributed by atoms with Crippen LogP contribution in [0.2, 0.25) is 5.02 Å². The minimum Gasteiger partial charge on any atom is -0.312 e. The quantitative estimate of drug-likeness (QED) is 0.887. The zero-order chi connectivity index (χ0) is 12.5. The van der Waals surface area contributed by atoms with Gasteiger partial charge in [0.15, 0.2) is 0 Å². The number of nitrogens with zero attached hydrogens (tertiary/aromatic N) is 1. The fraction of sp³-hybridized carbons (Fsp3) is 0.571. The molecule has 1 aromatic rings. The predicted octanol–water partition coefficient (Wildman–Crippen LogP) is 2.66. The summed E-state index contributed by atoms with van der Waals surface area (Å²) >= 11 is 6.01. The van der Waals surface area contributed by atoms with Crippen molar-refractivity contribution in [2.45, 2.75) is 25.4 Å². The summed E-state index contributed by atoms with van der Waals surface area (Å²) in [7, 11) is 0. The Morgan fingerprint density at radius 3 is 3.11 bits per heavy atom.